The van der Waals surface area contributed by atoms with Gasteiger partial charge >= 0.3 is 0 Å². The second-order valence-electron chi connectivity index (χ2n) is 2.01. The van der Waals surface area contributed by atoms with Gasteiger partial charge in [-0.15, -0.1) is 0 Å². The van der Waals surface area contributed by atoms with Crippen LogP contribution in [0.15, 0.2) is 16.4 Å². The number of aliphatic imine (C=N–C) groups is 1. The second-order valence-corrected chi connectivity index (χ2v) is 2.01. The Labute approximate surface area is 76.0 Å². The second kappa shape index (κ2) is 5.35. The van der Waals surface area contributed by atoms with Gasteiger partial charge in [-0.1, -0.05) is 6.92 Å². The van der Waals surface area contributed by atoms with E-state index in [0.717, 1.165) is 0 Å². The maximum atomic E-state index is 8.51. The number of nitrogens with zero attached hydrogens (tertiary/aromatic N) is 4. The van der Waals surface area contributed by atoms with Gasteiger partial charge in [0.1, 0.15) is 29.6 Å². The zero-order valence-corrected chi connectivity index (χ0v) is 7.07. The van der Waals surface area contributed by atoms with Crippen LogP contribution in [0, 0.1) is 34.0 Å². The summed E-state index contributed by atoms with van der Waals surface area (Å²) in [6.45, 7) is 1.72. The maximum Gasteiger partial charge on any atom is 0.175 e. The molecule has 0 bridgehead atoms. The Kier molecular flexibility index (Phi) is 4.39. The summed E-state index contributed by atoms with van der Waals surface area (Å²) >= 11 is 0. The van der Waals surface area contributed by atoms with Crippen LogP contribution in [-0.2, 0) is 0 Å². The van der Waals surface area contributed by atoms with Crippen molar-refractivity contribution in [2.45, 2.75) is 13.3 Å². The molecule has 0 aliphatic rings. The van der Waals surface area contributed by atoms with Crippen LogP contribution in [0.25, 0.3) is 0 Å². The quantitative estimate of drug-likeness (QED) is 0.486. The van der Waals surface area contributed by atoms with E-state index in [2.05, 4.69) is 4.99 Å². The molecule has 5 heteroatoms. The van der Waals surface area contributed by atoms with Crippen molar-refractivity contribution >= 4 is 5.71 Å². The first-order chi connectivity index (χ1) is 6.19. The molecule has 0 aliphatic heterocycles. The van der Waals surface area contributed by atoms with Crippen molar-refractivity contribution in [1.29, 1.82) is 15.8 Å². The molecule has 0 aliphatic carbocycles. The molecule has 0 unspecified atom stereocenters. The number of hydrogen-bond donors (Lipinski definition) is 1. The number of nitrogens with two attached hydrogens (primary N) is 1. The van der Waals surface area contributed by atoms with Gasteiger partial charge in [-0.2, -0.15) is 15.8 Å². The lowest BCUT2D eigenvalue weighted by Crippen LogP contribution is -2.00. The molecule has 0 aromatic carbocycles. The zero-order valence-electron chi connectivity index (χ0n) is 7.07. The van der Waals surface area contributed by atoms with Crippen molar-refractivity contribution in [1.82, 2.24) is 0 Å². The molecule has 0 spiro atoms. The normalized spacial score (nSPS) is 12.0. The summed E-state index contributed by atoms with van der Waals surface area (Å²) in [5.74, 6) is 0. The minimum atomic E-state index is -0.274. The van der Waals surface area contributed by atoms with Crippen molar-refractivity contribution in [3.05, 3.63) is 11.4 Å². The van der Waals surface area contributed by atoms with E-state index in [-0.39, 0.29) is 17.1 Å². The van der Waals surface area contributed by atoms with Crippen molar-refractivity contribution in [2.24, 2.45) is 10.7 Å². The van der Waals surface area contributed by atoms with Crippen LogP contribution in [0.4, 0.5) is 0 Å². The highest BCUT2D eigenvalue weighted by molar-refractivity contribution is 5.99. The van der Waals surface area contributed by atoms with E-state index in [1.54, 1.807) is 25.1 Å². The molecule has 0 amide bonds. The SMILES string of the molecule is CCC(C#N)=N/C(C#N)=C(\N)C#N. The van der Waals surface area contributed by atoms with E-state index in [0.29, 0.717) is 6.42 Å². The summed E-state index contributed by atoms with van der Waals surface area (Å²) in [6.07, 6.45) is 0.403. The molecule has 0 heterocycles. The molecule has 0 aromatic heterocycles. The van der Waals surface area contributed by atoms with Gasteiger partial charge < -0.3 is 5.73 Å². The molecule has 0 radical (unpaired) electrons. The van der Waals surface area contributed by atoms with E-state index >= 15 is 0 Å². The third-order valence-electron chi connectivity index (χ3n) is 1.19. The lowest BCUT2D eigenvalue weighted by molar-refractivity contribution is 1.22. The molecule has 13 heavy (non-hydrogen) atoms. The first-order valence-corrected chi connectivity index (χ1v) is 3.47. The largest absolute Gasteiger partial charge is 0.388 e. The summed E-state index contributed by atoms with van der Waals surface area (Å²) in [5, 5.41) is 25.4. The Hall–Kier alpha value is -2.32. The van der Waals surface area contributed by atoms with Crippen LogP contribution in [0.3, 0.4) is 0 Å². The average molecular weight is 173 g/mol. The highest BCUT2D eigenvalue weighted by atomic mass is 14.8. The fraction of sp³-hybridized carbons (Fsp3) is 0.250. The molecule has 0 atom stereocenters. The van der Waals surface area contributed by atoms with Crippen LogP contribution < -0.4 is 5.73 Å². The lowest BCUT2D eigenvalue weighted by Gasteiger charge is -1.91. The van der Waals surface area contributed by atoms with E-state index in [1.165, 1.54) is 0 Å². The van der Waals surface area contributed by atoms with E-state index in [9.17, 15) is 0 Å². The molecule has 2 N–H and O–H groups in total. The van der Waals surface area contributed by atoms with Crippen LogP contribution in [0.1, 0.15) is 13.3 Å². The molecule has 0 fully saturated rings. The Morgan fingerprint density at radius 1 is 1.23 bits per heavy atom. The highest BCUT2D eigenvalue weighted by Gasteiger charge is 2.01. The average Bonchev–Trinajstić information content (AvgIpc) is 2.19. The molecular weight excluding hydrogens is 166 g/mol. The van der Waals surface area contributed by atoms with Crippen LogP contribution >= 0.6 is 0 Å². The number of allylic oxidation sites excluding steroid dienone is 2. The van der Waals surface area contributed by atoms with E-state index in [1.807, 2.05) is 0 Å². The van der Waals surface area contributed by atoms with E-state index in [4.69, 9.17) is 21.5 Å². The Morgan fingerprint density at radius 2 is 1.85 bits per heavy atom. The molecule has 0 rings (SSSR count). The van der Waals surface area contributed by atoms with Gasteiger partial charge in [-0.3, -0.25) is 0 Å². The first kappa shape index (κ1) is 10.7. The van der Waals surface area contributed by atoms with Crippen molar-refractivity contribution in [3.8, 4) is 18.2 Å². The topological polar surface area (TPSA) is 110 Å². The Balaban J connectivity index is 5.13. The Bertz CT molecular complexity index is 369. The lowest BCUT2D eigenvalue weighted by atomic mass is 10.3. The van der Waals surface area contributed by atoms with E-state index < -0.39 is 0 Å². The monoisotopic (exact) mass is 173 g/mol. The number of hydrogen-bond acceptors (Lipinski definition) is 5. The fourth-order valence-corrected chi connectivity index (χ4v) is 0.516. The summed E-state index contributed by atoms with van der Waals surface area (Å²) in [4.78, 5) is 3.63. The summed E-state index contributed by atoms with van der Waals surface area (Å²) < 4.78 is 0. The van der Waals surface area contributed by atoms with Gasteiger partial charge in [0, 0.05) is 0 Å². The van der Waals surface area contributed by atoms with Gasteiger partial charge in [0.25, 0.3) is 0 Å². The van der Waals surface area contributed by atoms with Crippen molar-refractivity contribution < 1.29 is 0 Å². The van der Waals surface area contributed by atoms with Crippen LogP contribution in [-0.4, -0.2) is 5.71 Å². The Morgan fingerprint density at radius 3 is 2.15 bits per heavy atom. The maximum absolute atomic E-state index is 8.51. The molecular formula is C8H7N5. The minimum Gasteiger partial charge on any atom is -0.388 e. The van der Waals surface area contributed by atoms with Gasteiger partial charge in [0.05, 0.1) is 0 Å². The third-order valence-corrected chi connectivity index (χ3v) is 1.19. The molecule has 64 valence electrons. The summed E-state index contributed by atoms with van der Waals surface area (Å²) in [7, 11) is 0. The number of rotatable bonds is 2. The standard InChI is InChI=1S/C8H7N5/c1-2-6(3-9)13-8(5-11)7(12)4-10/h2,12H2,1H3/b8-7-,13-6?. The third kappa shape index (κ3) is 3.05. The minimum absolute atomic E-state index is 0.176. The van der Waals surface area contributed by atoms with Crippen LogP contribution in [0.2, 0.25) is 0 Å². The molecule has 0 aromatic rings. The molecule has 0 saturated carbocycles. The predicted octanol–water partition coefficient (Wildman–Crippen LogP) is 0.578. The van der Waals surface area contributed by atoms with Gasteiger partial charge in [-0.25, -0.2) is 4.99 Å². The molecule has 0 saturated heterocycles. The first-order valence-electron chi connectivity index (χ1n) is 3.47. The van der Waals surface area contributed by atoms with Gasteiger partial charge in [0.2, 0.25) is 0 Å². The summed E-state index contributed by atoms with van der Waals surface area (Å²) in [5.41, 5.74) is 4.86. The van der Waals surface area contributed by atoms with Crippen molar-refractivity contribution in [2.75, 3.05) is 0 Å². The van der Waals surface area contributed by atoms with Gasteiger partial charge in [0.15, 0.2) is 5.70 Å². The highest BCUT2D eigenvalue weighted by Crippen LogP contribution is 2.00. The number of nitriles is 3. The predicted molar refractivity (Wildman–Crippen MR) is 45.8 cm³/mol. The summed E-state index contributed by atoms with van der Waals surface area (Å²) in [6, 6.07) is 5.03. The van der Waals surface area contributed by atoms with Crippen LogP contribution in [0.5, 0.6) is 0 Å². The fourth-order valence-electron chi connectivity index (χ4n) is 0.516. The van der Waals surface area contributed by atoms with Crippen molar-refractivity contribution in [3.63, 3.8) is 0 Å². The smallest absolute Gasteiger partial charge is 0.175 e. The van der Waals surface area contributed by atoms with Gasteiger partial charge in [-0.05, 0) is 6.42 Å². The zero-order chi connectivity index (χ0) is 10.3. The molecule has 5 nitrogen and oxygen atoms in total.